The summed E-state index contributed by atoms with van der Waals surface area (Å²) in [5, 5.41) is 13.7. The molecule has 0 aliphatic carbocycles. The highest BCUT2D eigenvalue weighted by molar-refractivity contribution is 6.09. The molecule has 3 N–H and O–H groups in total. The van der Waals surface area contributed by atoms with Gasteiger partial charge >= 0.3 is 0 Å². The lowest BCUT2D eigenvalue weighted by Gasteiger charge is -2.36. The van der Waals surface area contributed by atoms with Gasteiger partial charge in [0.05, 0.1) is 0 Å². The molecule has 0 aromatic heterocycles. The molecule has 0 spiro atoms. The first-order valence-corrected chi connectivity index (χ1v) is 8.57. The molecule has 0 saturated heterocycles. The van der Waals surface area contributed by atoms with Crippen LogP contribution >= 0.6 is 0 Å². The molecule has 1 aromatic rings. The Morgan fingerprint density at radius 2 is 1.88 bits per heavy atom. The van der Waals surface area contributed by atoms with Gasteiger partial charge in [-0.2, -0.15) is 0 Å². The average molecular weight is 339 g/mol. The van der Waals surface area contributed by atoms with Crippen molar-refractivity contribution >= 4 is 23.6 Å². The summed E-state index contributed by atoms with van der Waals surface area (Å²) in [5.41, 5.74) is 1.83. The van der Waals surface area contributed by atoms with E-state index in [0.29, 0.717) is 0 Å². The number of hydrogen-bond acceptors (Lipinski definition) is 5. The minimum Gasteiger partial charge on any atom is -0.362 e. The number of rotatable bonds is 4. The molecule has 1 aliphatic heterocycles. The van der Waals surface area contributed by atoms with Crippen molar-refractivity contribution in [3.8, 4) is 0 Å². The minimum atomic E-state index is -0.0761. The molecule has 2 rings (SSSR count). The van der Waals surface area contributed by atoms with E-state index in [1.54, 1.807) is 12.3 Å². The number of amidine groups is 2. The van der Waals surface area contributed by atoms with Crippen molar-refractivity contribution in [3.63, 3.8) is 0 Å². The second kappa shape index (κ2) is 7.21. The molecule has 1 atom stereocenters. The Labute approximate surface area is 150 Å². The van der Waals surface area contributed by atoms with Crippen LogP contribution in [0.1, 0.15) is 47.1 Å². The zero-order valence-electron chi connectivity index (χ0n) is 16.0. The van der Waals surface area contributed by atoms with E-state index in [-0.39, 0.29) is 17.0 Å². The van der Waals surface area contributed by atoms with Gasteiger partial charge < -0.3 is 16.0 Å². The van der Waals surface area contributed by atoms with Gasteiger partial charge in [0.25, 0.3) is 0 Å². The number of nitrogens with one attached hydrogen (secondary N) is 3. The summed E-state index contributed by atoms with van der Waals surface area (Å²) in [4.78, 5) is 9.66. The van der Waals surface area contributed by atoms with Crippen LogP contribution in [0.3, 0.4) is 0 Å². The molecule has 1 aliphatic rings. The third kappa shape index (κ3) is 5.02. The molecule has 0 amide bonds. The van der Waals surface area contributed by atoms with Crippen molar-refractivity contribution < 1.29 is 0 Å². The van der Waals surface area contributed by atoms with Gasteiger partial charge in [-0.3, -0.25) is 0 Å². The van der Waals surface area contributed by atoms with Crippen LogP contribution in [0.2, 0.25) is 0 Å². The van der Waals surface area contributed by atoms with E-state index in [9.17, 15) is 0 Å². The minimum absolute atomic E-state index is 0.0136. The molecule has 1 aromatic carbocycles. The molecular formula is C20H29N5. The lowest BCUT2D eigenvalue weighted by atomic mass is 9.89. The number of anilines is 1. The van der Waals surface area contributed by atoms with Crippen LogP contribution in [0.4, 0.5) is 5.69 Å². The topological polar surface area (TPSA) is 72.6 Å². The van der Waals surface area contributed by atoms with Crippen LogP contribution in [0.5, 0.6) is 0 Å². The quantitative estimate of drug-likeness (QED) is 0.710. The first kappa shape index (κ1) is 18.9. The third-order valence-electron chi connectivity index (χ3n) is 3.84. The van der Waals surface area contributed by atoms with Crippen molar-refractivity contribution in [2.24, 2.45) is 20.8 Å². The number of benzene rings is 1. The summed E-state index contributed by atoms with van der Waals surface area (Å²) in [5.74, 6) is 1.71. The molecule has 0 bridgehead atoms. The van der Waals surface area contributed by atoms with Gasteiger partial charge in [-0.1, -0.05) is 53.7 Å². The van der Waals surface area contributed by atoms with Crippen LogP contribution in [0.15, 0.2) is 46.5 Å². The van der Waals surface area contributed by atoms with Crippen molar-refractivity contribution in [2.75, 3.05) is 5.32 Å². The summed E-state index contributed by atoms with van der Waals surface area (Å²) >= 11 is 0. The maximum Gasteiger partial charge on any atom is 0.158 e. The smallest absolute Gasteiger partial charge is 0.158 e. The van der Waals surface area contributed by atoms with E-state index in [1.807, 2.05) is 24.3 Å². The zero-order chi connectivity index (χ0) is 18.7. The van der Waals surface area contributed by atoms with E-state index >= 15 is 0 Å². The standard InChI is InChI=1S/C20H29N5/c1-19(2,3)17-23-16(24-18(25-17)20(4,5)6)14-9-7-10-15(13-14)22-12-8-11-21/h7-13,17,21-22H,1-6H3,(H,23,24,25)/b12-8-,21-11?. The molecule has 134 valence electrons. The lowest BCUT2D eigenvalue weighted by molar-refractivity contribution is 0.297. The molecule has 0 saturated carbocycles. The summed E-state index contributed by atoms with van der Waals surface area (Å²) < 4.78 is 0. The molecular weight excluding hydrogens is 310 g/mol. The fraction of sp³-hybridized carbons (Fsp3) is 0.450. The Morgan fingerprint density at radius 3 is 2.48 bits per heavy atom. The highest BCUT2D eigenvalue weighted by Gasteiger charge is 2.32. The molecule has 5 nitrogen and oxygen atoms in total. The Hall–Kier alpha value is -2.43. The van der Waals surface area contributed by atoms with Gasteiger partial charge in [0, 0.05) is 34.5 Å². The van der Waals surface area contributed by atoms with Crippen molar-refractivity contribution in [2.45, 2.75) is 47.7 Å². The molecule has 0 radical (unpaired) electrons. The maximum absolute atomic E-state index is 7.04. The van der Waals surface area contributed by atoms with Crippen LogP contribution in [-0.4, -0.2) is 24.1 Å². The summed E-state index contributed by atoms with van der Waals surface area (Å²) in [7, 11) is 0. The SMILES string of the molecule is CC(C)(C)C1=NC(c2cccc(N/C=C\C=N)c2)=NC(C(C)(C)C)N1. The van der Waals surface area contributed by atoms with Crippen molar-refractivity contribution in [3.05, 3.63) is 42.1 Å². The average Bonchev–Trinajstić information content (AvgIpc) is 2.53. The van der Waals surface area contributed by atoms with E-state index in [0.717, 1.165) is 22.9 Å². The predicted molar refractivity (Wildman–Crippen MR) is 108 cm³/mol. The van der Waals surface area contributed by atoms with Gasteiger partial charge in [0.2, 0.25) is 0 Å². The Bertz CT molecular complexity index is 714. The van der Waals surface area contributed by atoms with E-state index in [4.69, 9.17) is 15.4 Å². The third-order valence-corrected chi connectivity index (χ3v) is 3.84. The summed E-state index contributed by atoms with van der Waals surface area (Å²) in [6.07, 6.45) is 4.59. The maximum atomic E-state index is 7.04. The van der Waals surface area contributed by atoms with Gasteiger partial charge in [0.15, 0.2) is 5.84 Å². The van der Waals surface area contributed by atoms with E-state index in [2.05, 4.69) is 52.2 Å². The van der Waals surface area contributed by atoms with Crippen molar-refractivity contribution in [1.29, 1.82) is 5.41 Å². The largest absolute Gasteiger partial charge is 0.362 e. The van der Waals surface area contributed by atoms with Crippen LogP contribution in [-0.2, 0) is 0 Å². The number of hydrogen-bond donors (Lipinski definition) is 3. The fourth-order valence-corrected chi connectivity index (χ4v) is 2.33. The summed E-state index contributed by atoms with van der Waals surface area (Å²) in [6.45, 7) is 13.0. The summed E-state index contributed by atoms with van der Waals surface area (Å²) in [6, 6.07) is 8.02. The van der Waals surface area contributed by atoms with Crippen LogP contribution < -0.4 is 10.6 Å². The molecule has 25 heavy (non-hydrogen) atoms. The highest BCUT2D eigenvalue weighted by Crippen LogP contribution is 2.27. The molecule has 5 heteroatoms. The van der Waals surface area contributed by atoms with Gasteiger partial charge in [0.1, 0.15) is 12.0 Å². The monoisotopic (exact) mass is 339 g/mol. The van der Waals surface area contributed by atoms with E-state index in [1.165, 1.54) is 6.21 Å². The first-order valence-electron chi connectivity index (χ1n) is 8.57. The molecule has 1 heterocycles. The number of nitrogens with zero attached hydrogens (tertiary/aromatic N) is 2. The highest BCUT2D eigenvalue weighted by atomic mass is 15.2. The second-order valence-electron chi connectivity index (χ2n) is 8.33. The Kier molecular flexibility index (Phi) is 5.45. The van der Waals surface area contributed by atoms with E-state index < -0.39 is 0 Å². The van der Waals surface area contributed by atoms with Gasteiger partial charge in [-0.15, -0.1) is 0 Å². The van der Waals surface area contributed by atoms with Crippen LogP contribution in [0.25, 0.3) is 0 Å². The Morgan fingerprint density at radius 1 is 1.16 bits per heavy atom. The second-order valence-corrected chi connectivity index (χ2v) is 8.33. The zero-order valence-corrected chi connectivity index (χ0v) is 16.0. The van der Waals surface area contributed by atoms with Gasteiger partial charge in [-0.05, 0) is 18.2 Å². The first-order chi connectivity index (χ1) is 11.6. The molecule has 0 fully saturated rings. The Balaban J connectivity index is 2.41. The predicted octanol–water partition coefficient (Wildman–Crippen LogP) is 4.43. The molecule has 1 unspecified atom stereocenters. The van der Waals surface area contributed by atoms with Gasteiger partial charge in [-0.25, -0.2) is 9.98 Å². The van der Waals surface area contributed by atoms with Crippen LogP contribution in [0, 0.1) is 16.2 Å². The number of allylic oxidation sites excluding steroid dienone is 1. The van der Waals surface area contributed by atoms with Crippen molar-refractivity contribution in [1.82, 2.24) is 5.32 Å². The lowest BCUT2D eigenvalue weighted by Crippen LogP contribution is -2.50. The fourth-order valence-electron chi connectivity index (χ4n) is 2.33. The number of aliphatic imine (C=N–C) groups is 2. The normalized spacial score (nSPS) is 18.4.